The monoisotopic (exact) mass is 562 g/mol. The van der Waals surface area contributed by atoms with Gasteiger partial charge in [0, 0.05) is 31.5 Å². The van der Waals surface area contributed by atoms with Gasteiger partial charge in [0.1, 0.15) is 23.7 Å². The molecule has 9 heteroatoms. The first-order valence-corrected chi connectivity index (χ1v) is 11.0. The molecule has 3 aromatic rings. The van der Waals surface area contributed by atoms with Crippen LogP contribution in [0.3, 0.4) is 0 Å². The highest BCUT2D eigenvalue weighted by Crippen LogP contribution is 2.31. The number of fused-ring (bicyclic) bond motifs is 1. The number of aryl methyl sites for hydroxylation is 1. The van der Waals surface area contributed by atoms with Crippen LogP contribution in [-0.2, 0) is 19.5 Å². The number of nitrogens with one attached hydrogen (secondary N) is 2. The molecule has 0 fully saturated rings. The highest BCUT2D eigenvalue weighted by atomic mass is 127. The van der Waals surface area contributed by atoms with Gasteiger partial charge in [-0.2, -0.15) is 0 Å². The first-order chi connectivity index (χ1) is 15.8. The summed E-state index contributed by atoms with van der Waals surface area (Å²) in [5, 5.41) is 15.3. The summed E-state index contributed by atoms with van der Waals surface area (Å²) in [6.07, 6.45) is 3.51. The van der Waals surface area contributed by atoms with Crippen molar-refractivity contribution in [1.29, 1.82) is 0 Å². The molecule has 0 amide bonds. The summed E-state index contributed by atoms with van der Waals surface area (Å²) >= 11 is 0. The van der Waals surface area contributed by atoms with Crippen LogP contribution < -0.4 is 20.1 Å². The Morgan fingerprint density at radius 2 is 2.03 bits per heavy atom. The number of ether oxygens (including phenoxy) is 2. The Morgan fingerprint density at radius 3 is 2.82 bits per heavy atom. The van der Waals surface area contributed by atoms with Crippen molar-refractivity contribution in [2.24, 2.45) is 4.99 Å². The van der Waals surface area contributed by atoms with E-state index in [9.17, 15) is 0 Å². The average molecular weight is 562 g/mol. The number of rotatable bonds is 8. The molecule has 2 N–H and O–H groups in total. The van der Waals surface area contributed by atoms with Gasteiger partial charge in [-0.25, -0.2) is 4.99 Å². The number of nitrogens with zero attached hydrogens (tertiary/aromatic N) is 4. The van der Waals surface area contributed by atoms with Gasteiger partial charge < -0.3 is 24.7 Å². The number of halogens is 1. The smallest absolute Gasteiger partial charge is 0.192 e. The highest BCUT2D eigenvalue weighted by molar-refractivity contribution is 14.0. The van der Waals surface area contributed by atoms with Crippen LogP contribution in [0.1, 0.15) is 36.3 Å². The molecule has 0 saturated carbocycles. The van der Waals surface area contributed by atoms with Crippen LogP contribution in [0.4, 0.5) is 0 Å². The fourth-order valence-corrected chi connectivity index (χ4v) is 3.75. The third-order valence-corrected chi connectivity index (χ3v) is 5.51. The maximum Gasteiger partial charge on any atom is 0.192 e. The molecule has 1 unspecified atom stereocenters. The zero-order chi connectivity index (χ0) is 22.2. The molecule has 176 valence electrons. The van der Waals surface area contributed by atoms with E-state index in [0.717, 1.165) is 53.8 Å². The number of hydrogen-bond donors (Lipinski definition) is 2. The molecule has 1 aliphatic rings. The minimum absolute atomic E-state index is 0. The largest absolute Gasteiger partial charge is 0.497 e. The van der Waals surface area contributed by atoms with Gasteiger partial charge in [-0.15, -0.1) is 34.2 Å². The van der Waals surface area contributed by atoms with Crippen molar-refractivity contribution < 1.29 is 9.47 Å². The third-order valence-electron chi connectivity index (χ3n) is 5.51. The molecule has 0 aliphatic carbocycles. The van der Waals surface area contributed by atoms with Gasteiger partial charge in [-0.05, 0) is 23.8 Å². The van der Waals surface area contributed by atoms with Gasteiger partial charge >= 0.3 is 0 Å². The Balaban J connectivity index is 0.00000306. The number of hydrogen-bond acceptors (Lipinski definition) is 5. The van der Waals surface area contributed by atoms with E-state index < -0.39 is 0 Å². The molecule has 0 saturated heterocycles. The maximum absolute atomic E-state index is 5.81. The van der Waals surface area contributed by atoms with Gasteiger partial charge in [0.15, 0.2) is 5.96 Å². The van der Waals surface area contributed by atoms with Crippen LogP contribution in [-0.4, -0.2) is 41.0 Å². The van der Waals surface area contributed by atoms with E-state index in [4.69, 9.17) is 14.5 Å². The number of aliphatic imine (C=N–C) groups is 1. The van der Waals surface area contributed by atoms with Gasteiger partial charge in [0.2, 0.25) is 0 Å². The summed E-state index contributed by atoms with van der Waals surface area (Å²) in [5.41, 5.74) is 2.27. The summed E-state index contributed by atoms with van der Waals surface area (Å²) in [7, 11) is 1.67. The Bertz CT molecular complexity index is 1040. The predicted molar refractivity (Wildman–Crippen MR) is 139 cm³/mol. The van der Waals surface area contributed by atoms with E-state index in [2.05, 4.69) is 38.4 Å². The fourth-order valence-electron chi connectivity index (χ4n) is 3.75. The van der Waals surface area contributed by atoms with Crippen LogP contribution in [0.15, 0.2) is 59.9 Å². The summed E-state index contributed by atoms with van der Waals surface area (Å²) in [6.45, 7) is 4.81. The van der Waals surface area contributed by atoms with Gasteiger partial charge in [0.25, 0.3) is 0 Å². The molecule has 33 heavy (non-hydrogen) atoms. The molecule has 0 spiro atoms. The van der Waals surface area contributed by atoms with Gasteiger partial charge in [-0.3, -0.25) is 0 Å². The maximum atomic E-state index is 5.81. The van der Waals surface area contributed by atoms with Crippen molar-refractivity contribution in [1.82, 2.24) is 25.4 Å². The lowest BCUT2D eigenvalue weighted by atomic mass is 10.0. The zero-order valence-corrected chi connectivity index (χ0v) is 21.4. The van der Waals surface area contributed by atoms with Gasteiger partial charge in [-0.1, -0.05) is 37.3 Å². The third kappa shape index (κ3) is 6.59. The van der Waals surface area contributed by atoms with Crippen molar-refractivity contribution in [3.8, 4) is 11.5 Å². The quantitative estimate of drug-likeness (QED) is 0.247. The molecule has 0 bridgehead atoms. The first-order valence-electron chi connectivity index (χ1n) is 11.0. The SMILES string of the molecule is CCc1nncn1CCNC(=NCc1ccc(OC)cc1)NC1CCOc2ccccc21.I. The highest BCUT2D eigenvalue weighted by Gasteiger charge is 2.22. The van der Waals surface area contributed by atoms with Crippen LogP contribution in [0, 0.1) is 0 Å². The summed E-state index contributed by atoms with van der Waals surface area (Å²) < 4.78 is 13.1. The Hall–Kier alpha value is -2.82. The Kier molecular flexibility index (Phi) is 9.35. The number of guanidine groups is 1. The Morgan fingerprint density at radius 1 is 1.21 bits per heavy atom. The molecule has 8 nitrogen and oxygen atoms in total. The minimum Gasteiger partial charge on any atom is -0.497 e. The van der Waals surface area contributed by atoms with Crippen molar-refractivity contribution in [2.45, 2.75) is 38.9 Å². The normalized spacial score (nSPS) is 15.1. The van der Waals surface area contributed by atoms with Crippen molar-refractivity contribution in [3.05, 3.63) is 71.8 Å². The fraction of sp³-hybridized carbons (Fsp3) is 0.375. The molecule has 1 atom stereocenters. The van der Waals surface area contributed by atoms with Crippen molar-refractivity contribution in [3.63, 3.8) is 0 Å². The van der Waals surface area contributed by atoms with Crippen molar-refractivity contribution in [2.75, 3.05) is 20.3 Å². The first kappa shape index (κ1) is 24.8. The van der Waals surface area contributed by atoms with Gasteiger partial charge in [0.05, 0.1) is 26.3 Å². The molecule has 0 radical (unpaired) electrons. The summed E-state index contributed by atoms with van der Waals surface area (Å²) in [5.74, 6) is 3.53. The van der Waals surface area contributed by atoms with E-state index in [-0.39, 0.29) is 30.0 Å². The topological polar surface area (TPSA) is 85.6 Å². The zero-order valence-electron chi connectivity index (χ0n) is 19.0. The van der Waals surface area contributed by atoms with E-state index in [1.54, 1.807) is 13.4 Å². The number of benzene rings is 2. The molecular formula is C24H31IN6O2. The average Bonchev–Trinajstić information content (AvgIpc) is 3.30. The number of para-hydroxylation sites is 1. The molecule has 2 aromatic carbocycles. The second kappa shape index (κ2) is 12.4. The van der Waals surface area contributed by atoms with Crippen molar-refractivity contribution >= 4 is 29.9 Å². The summed E-state index contributed by atoms with van der Waals surface area (Å²) in [4.78, 5) is 4.85. The number of aromatic nitrogens is 3. The van der Waals surface area contributed by atoms with E-state index in [1.807, 2.05) is 42.5 Å². The lowest BCUT2D eigenvalue weighted by molar-refractivity contribution is 0.261. The van der Waals surface area contributed by atoms with Crippen LogP contribution in [0.2, 0.25) is 0 Å². The Labute approximate surface area is 211 Å². The van der Waals surface area contributed by atoms with E-state index >= 15 is 0 Å². The second-order valence-corrected chi connectivity index (χ2v) is 7.61. The van der Waals surface area contributed by atoms with Crippen LogP contribution in [0.5, 0.6) is 11.5 Å². The second-order valence-electron chi connectivity index (χ2n) is 7.61. The van der Waals surface area contributed by atoms with Crippen LogP contribution >= 0.6 is 24.0 Å². The molecule has 1 aliphatic heterocycles. The lowest BCUT2D eigenvalue weighted by Crippen LogP contribution is -2.42. The predicted octanol–water partition coefficient (Wildman–Crippen LogP) is 3.73. The minimum atomic E-state index is 0. The lowest BCUT2D eigenvalue weighted by Gasteiger charge is -2.28. The number of methoxy groups -OCH3 is 1. The van der Waals surface area contributed by atoms with E-state index in [1.165, 1.54) is 0 Å². The molecule has 2 heterocycles. The summed E-state index contributed by atoms with van der Waals surface area (Å²) in [6, 6.07) is 16.3. The molecule has 4 rings (SSSR count). The standard InChI is InChI=1S/C24H30N6O2.HI/c1-3-23-29-27-17-30(23)14-13-25-24(26-16-18-8-10-19(31-2)11-9-18)28-21-12-15-32-22-7-5-4-6-20(21)22;/h4-11,17,21H,3,12-16H2,1-2H3,(H2,25,26,28);1H. The van der Waals surface area contributed by atoms with E-state index in [0.29, 0.717) is 19.7 Å². The van der Waals surface area contributed by atoms with Crippen LogP contribution in [0.25, 0.3) is 0 Å². The molecular weight excluding hydrogens is 531 g/mol. The molecule has 1 aromatic heterocycles.